The van der Waals surface area contributed by atoms with Crippen LogP contribution in [0, 0.1) is 6.92 Å². The first-order chi connectivity index (χ1) is 11.6. The van der Waals surface area contributed by atoms with E-state index < -0.39 is 12.1 Å². The van der Waals surface area contributed by atoms with E-state index in [1.54, 1.807) is 20.9 Å². The van der Waals surface area contributed by atoms with Crippen LogP contribution in [0.5, 0.6) is 0 Å². The topological polar surface area (TPSA) is 90.1 Å². The fourth-order valence-corrected chi connectivity index (χ4v) is 2.88. The van der Waals surface area contributed by atoms with Crippen molar-refractivity contribution in [2.24, 2.45) is 0 Å². The standard InChI is InChI=1S/C16H16N4O3S/c1-9-12(15(17-3)24-20-9)16(21)22-10(2)13-18-19-14(23-13)11-7-5-4-6-8-11/h4-8,10,17H,1-3H3/t10-/m0/s1. The largest absolute Gasteiger partial charge is 0.449 e. The molecule has 1 aromatic carbocycles. The van der Waals surface area contributed by atoms with Crippen LogP contribution in [0.3, 0.4) is 0 Å². The van der Waals surface area contributed by atoms with Crippen molar-refractivity contribution < 1.29 is 13.9 Å². The minimum Gasteiger partial charge on any atom is -0.449 e. The maximum Gasteiger partial charge on any atom is 0.343 e. The molecule has 0 saturated heterocycles. The van der Waals surface area contributed by atoms with Gasteiger partial charge in [0.1, 0.15) is 10.6 Å². The van der Waals surface area contributed by atoms with Gasteiger partial charge in [0, 0.05) is 12.6 Å². The number of nitrogens with zero attached hydrogens (tertiary/aromatic N) is 3. The lowest BCUT2D eigenvalue weighted by Crippen LogP contribution is -2.11. The lowest BCUT2D eigenvalue weighted by atomic mass is 10.2. The molecule has 0 unspecified atom stereocenters. The lowest BCUT2D eigenvalue weighted by molar-refractivity contribution is 0.0280. The predicted octanol–water partition coefficient (Wildman–Crippen LogP) is 3.46. The van der Waals surface area contributed by atoms with Gasteiger partial charge in [-0.05, 0) is 37.5 Å². The normalized spacial score (nSPS) is 12.0. The molecule has 3 aromatic rings. The molecule has 3 rings (SSSR count). The van der Waals surface area contributed by atoms with Crippen LogP contribution in [0.1, 0.15) is 35.0 Å². The van der Waals surface area contributed by atoms with E-state index in [-0.39, 0.29) is 5.89 Å². The molecule has 0 saturated carbocycles. The third-order valence-corrected chi connectivity index (χ3v) is 4.34. The first-order valence-corrected chi connectivity index (χ1v) is 8.11. The number of rotatable bonds is 5. The SMILES string of the molecule is CNc1snc(C)c1C(=O)O[C@@H](C)c1nnc(-c2ccccc2)o1. The van der Waals surface area contributed by atoms with E-state index in [0.717, 1.165) is 5.56 Å². The number of nitrogens with one attached hydrogen (secondary N) is 1. The highest BCUT2D eigenvalue weighted by Crippen LogP contribution is 2.28. The minimum absolute atomic E-state index is 0.244. The molecule has 8 heteroatoms. The molecule has 1 atom stereocenters. The van der Waals surface area contributed by atoms with Crippen LogP contribution in [0.15, 0.2) is 34.7 Å². The molecule has 1 N–H and O–H groups in total. The van der Waals surface area contributed by atoms with E-state index in [2.05, 4.69) is 19.9 Å². The van der Waals surface area contributed by atoms with Gasteiger partial charge in [-0.15, -0.1) is 10.2 Å². The smallest absolute Gasteiger partial charge is 0.343 e. The van der Waals surface area contributed by atoms with Crippen LogP contribution in [-0.4, -0.2) is 27.6 Å². The molecule has 0 spiro atoms. The van der Waals surface area contributed by atoms with Gasteiger partial charge in [0.15, 0.2) is 6.10 Å². The van der Waals surface area contributed by atoms with Crippen LogP contribution >= 0.6 is 11.5 Å². The monoisotopic (exact) mass is 344 g/mol. The molecule has 124 valence electrons. The van der Waals surface area contributed by atoms with Crippen molar-refractivity contribution >= 4 is 22.5 Å². The highest BCUT2D eigenvalue weighted by atomic mass is 32.1. The zero-order valence-corrected chi connectivity index (χ0v) is 14.3. The van der Waals surface area contributed by atoms with Crippen molar-refractivity contribution in [3.8, 4) is 11.5 Å². The molecule has 0 amide bonds. The highest BCUT2D eigenvalue weighted by molar-refractivity contribution is 7.10. The molecule has 24 heavy (non-hydrogen) atoms. The minimum atomic E-state index is -0.661. The Morgan fingerprint density at radius 2 is 2.04 bits per heavy atom. The first-order valence-electron chi connectivity index (χ1n) is 7.34. The summed E-state index contributed by atoms with van der Waals surface area (Å²) in [5.74, 6) is 0.157. The van der Waals surface area contributed by atoms with Gasteiger partial charge in [0.05, 0.1) is 5.69 Å². The Morgan fingerprint density at radius 3 is 2.75 bits per heavy atom. The molecule has 2 heterocycles. The maximum atomic E-state index is 12.4. The molecule has 2 aromatic heterocycles. The summed E-state index contributed by atoms with van der Waals surface area (Å²) in [5.41, 5.74) is 1.86. The average Bonchev–Trinajstić information content (AvgIpc) is 3.22. The van der Waals surface area contributed by atoms with E-state index in [1.807, 2.05) is 30.3 Å². The van der Waals surface area contributed by atoms with Gasteiger partial charge in [-0.25, -0.2) is 4.79 Å². The third-order valence-electron chi connectivity index (χ3n) is 3.39. The van der Waals surface area contributed by atoms with Crippen molar-refractivity contribution in [1.29, 1.82) is 0 Å². The second-order valence-electron chi connectivity index (χ2n) is 5.08. The molecule has 0 radical (unpaired) electrons. The number of esters is 1. The number of hydrogen-bond donors (Lipinski definition) is 1. The summed E-state index contributed by atoms with van der Waals surface area (Å²) in [6, 6.07) is 9.41. The highest BCUT2D eigenvalue weighted by Gasteiger charge is 2.24. The van der Waals surface area contributed by atoms with Gasteiger partial charge in [-0.3, -0.25) is 0 Å². The van der Waals surface area contributed by atoms with E-state index in [0.29, 0.717) is 22.1 Å². The number of ether oxygens (including phenoxy) is 1. The van der Waals surface area contributed by atoms with Crippen LogP contribution in [0.25, 0.3) is 11.5 Å². The Morgan fingerprint density at radius 1 is 1.29 bits per heavy atom. The molecule has 0 aliphatic carbocycles. The second kappa shape index (κ2) is 6.79. The first kappa shape index (κ1) is 16.1. The number of anilines is 1. The predicted molar refractivity (Wildman–Crippen MR) is 90.0 cm³/mol. The van der Waals surface area contributed by atoms with Gasteiger partial charge in [0.2, 0.25) is 5.89 Å². The Kier molecular flexibility index (Phi) is 4.57. The summed E-state index contributed by atoms with van der Waals surface area (Å²) in [6.07, 6.45) is -0.661. The summed E-state index contributed by atoms with van der Waals surface area (Å²) in [6.45, 7) is 3.45. The molecule has 0 aliphatic heterocycles. The fraction of sp³-hybridized carbons (Fsp3) is 0.250. The number of carbonyl (C=O) groups excluding carboxylic acids is 1. The average molecular weight is 344 g/mol. The van der Waals surface area contributed by atoms with Crippen LogP contribution in [0.2, 0.25) is 0 Å². The van der Waals surface area contributed by atoms with E-state index >= 15 is 0 Å². The summed E-state index contributed by atoms with van der Waals surface area (Å²) in [5, 5.41) is 11.6. The third kappa shape index (κ3) is 3.13. The Hall–Kier alpha value is -2.74. The maximum absolute atomic E-state index is 12.4. The van der Waals surface area contributed by atoms with Crippen molar-refractivity contribution in [3.63, 3.8) is 0 Å². The van der Waals surface area contributed by atoms with Gasteiger partial charge < -0.3 is 14.5 Å². The molecular formula is C16H16N4O3S. The Labute approximate surface area is 142 Å². The number of aromatic nitrogens is 3. The molecule has 0 bridgehead atoms. The molecule has 7 nitrogen and oxygen atoms in total. The van der Waals surface area contributed by atoms with Crippen molar-refractivity contribution in [2.45, 2.75) is 20.0 Å². The van der Waals surface area contributed by atoms with Crippen molar-refractivity contribution in [2.75, 3.05) is 12.4 Å². The Balaban J connectivity index is 1.76. The van der Waals surface area contributed by atoms with E-state index in [4.69, 9.17) is 9.15 Å². The quantitative estimate of drug-likeness (QED) is 0.709. The Bertz CT molecular complexity index is 844. The van der Waals surface area contributed by atoms with E-state index in [1.165, 1.54) is 11.5 Å². The van der Waals surface area contributed by atoms with Crippen LogP contribution in [-0.2, 0) is 4.74 Å². The summed E-state index contributed by atoms with van der Waals surface area (Å²) in [7, 11) is 1.73. The summed E-state index contributed by atoms with van der Waals surface area (Å²) < 4.78 is 15.2. The van der Waals surface area contributed by atoms with Gasteiger partial charge >= 0.3 is 5.97 Å². The zero-order valence-electron chi connectivity index (χ0n) is 13.4. The fourth-order valence-electron chi connectivity index (χ4n) is 2.15. The number of aryl methyl sites for hydroxylation is 1. The zero-order chi connectivity index (χ0) is 17.1. The number of benzene rings is 1. The molecule has 0 fully saturated rings. The second-order valence-corrected chi connectivity index (χ2v) is 5.85. The lowest BCUT2D eigenvalue weighted by Gasteiger charge is -2.10. The van der Waals surface area contributed by atoms with Gasteiger partial charge in [-0.1, -0.05) is 18.2 Å². The van der Waals surface area contributed by atoms with E-state index in [9.17, 15) is 4.79 Å². The van der Waals surface area contributed by atoms with Crippen LogP contribution in [0.4, 0.5) is 5.00 Å². The van der Waals surface area contributed by atoms with Crippen molar-refractivity contribution in [3.05, 3.63) is 47.5 Å². The summed E-state index contributed by atoms with van der Waals surface area (Å²) >= 11 is 1.22. The molecule has 0 aliphatic rings. The number of hydrogen-bond acceptors (Lipinski definition) is 8. The number of carbonyl (C=O) groups is 1. The van der Waals surface area contributed by atoms with Crippen molar-refractivity contribution in [1.82, 2.24) is 14.6 Å². The summed E-state index contributed by atoms with van der Waals surface area (Å²) in [4.78, 5) is 12.4. The van der Waals surface area contributed by atoms with Crippen LogP contribution < -0.4 is 5.32 Å². The van der Waals surface area contributed by atoms with Gasteiger partial charge in [0.25, 0.3) is 5.89 Å². The molecular weight excluding hydrogens is 328 g/mol. The van der Waals surface area contributed by atoms with Gasteiger partial charge in [-0.2, -0.15) is 4.37 Å².